The number of nitrogens with zero attached hydrogens (tertiary/aromatic N) is 1. The molecule has 0 aromatic carbocycles. The van der Waals surface area contributed by atoms with Crippen LogP contribution in [0, 0.1) is 5.41 Å². The molecule has 1 aromatic heterocycles. The van der Waals surface area contributed by atoms with Crippen LogP contribution in [0.25, 0.3) is 0 Å². The van der Waals surface area contributed by atoms with E-state index in [1.807, 2.05) is 18.3 Å². The van der Waals surface area contributed by atoms with Crippen LogP contribution in [-0.2, 0) is 0 Å². The topological polar surface area (TPSA) is 34.1 Å². The number of nitrogens with one attached hydrogen (secondary N) is 1. The highest BCUT2D eigenvalue weighted by atomic mass is 16.5. The normalized spacial score (nSPS) is 29.5. The Bertz CT molecular complexity index is 398. The molecular formula is C16H24N2O. The maximum absolute atomic E-state index is 6.23. The molecule has 1 N–H and O–H groups in total. The number of hydrogen-bond acceptors (Lipinski definition) is 3. The first-order chi connectivity index (χ1) is 9.35. The molecule has 2 saturated carbocycles. The van der Waals surface area contributed by atoms with Gasteiger partial charge in [0, 0.05) is 24.1 Å². The van der Waals surface area contributed by atoms with Crippen molar-refractivity contribution in [2.24, 2.45) is 5.41 Å². The predicted molar refractivity (Wildman–Crippen MR) is 76.3 cm³/mol. The third-order valence-corrected chi connectivity index (χ3v) is 5.08. The van der Waals surface area contributed by atoms with Crippen molar-refractivity contribution in [3.8, 4) is 5.75 Å². The minimum absolute atomic E-state index is 0.362. The van der Waals surface area contributed by atoms with E-state index in [-0.39, 0.29) is 0 Å². The Morgan fingerprint density at radius 1 is 1.26 bits per heavy atom. The SMILES string of the molecule is CNC1CC(Oc2cccnc2)C12CCCCCC2. The van der Waals surface area contributed by atoms with Crippen molar-refractivity contribution in [2.45, 2.75) is 57.1 Å². The van der Waals surface area contributed by atoms with Crippen LogP contribution in [0.3, 0.4) is 0 Å². The third kappa shape index (κ3) is 2.36. The molecule has 1 heterocycles. The van der Waals surface area contributed by atoms with Crippen LogP contribution in [-0.4, -0.2) is 24.2 Å². The zero-order valence-corrected chi connectivity index (χ0v) is 11.8. The zero-order valence-electron chi connectivity index (χ0n) is 11.8. The first-order valence-corrected chi connectivity index (χ1v) is 7.59. The van der Waals surface area contributed by atoms with E-state index in [2.05, 4.69) is 17.3 Å². The van der Waals surface area contributed by atoms with Crippen molar-refractivity contribution in [3.63, 3.8) is 0 Å². The van der Waals surface area contributed by atoms with Gasteiger partial charge in [0.1, 0.15) is 11.9 Å². The van der Waals surface area contributed by atoms with Crippen LogP contribution >= 0.6 is 0 Å². The van der Waals surface area contributed by atoms with Crippen LogP contribution in [0.15, 0.2) is 24.5 Å². The zero-order chi connectivity index (χ0) is 13.1. The van der Waals surface area contributed by atoms with Gasteiger partial charge in [0.05, 0.1) is 6.20 Å². The quantitative estimate of drug-likeness (QED) is 0.906. The summed E-state index contributed by atoms with van der Waals surface area (Å²) in [7, 11) is 2.09. The van der Waals surface area contributed by atoms with E-state index in [0.717, 1.165) is 12.2 Å². The van der Waals surface area contributed by atoms with Crippen molar-refractivity contribution in [2.75, 3.05) is 7.05 Å². The molecule has 2 fully saturated rings. The monoisotopic (exact) mass is 260 g/mol. The summed E-state index contributed by atoms with van der Waals surface area (Å²) in [5.41, 5.74) is 0.362. The fourth-order valence-electron chi connectivity index (χ4n) is 3.96. The Morgan fingerprint density at radius 2 is 2.05 bits per heavy atom. The minimum Gasteiger partial charge on any atom is -0.488 e. The lowest BCUT2D eigenvalue weighted by molar-refractivity contribution is -0.0883. The Labute approximate surface area is 115 Å². The lowest BCUT2D eigenvalue weighted by Crippen LogP contribution is -2.64. The average molecular weight is 260 g/mol. The smallest absolute Gasteiger partial charge is 0.138 e. The Kier molecular flexibility index (Phi) is 3.74. The molecule has 1 spiro atoms. The number of aromatic nitrogens is 1. The van der Waals surface area contributed by atoms with E-state index in [1.165, 1.54) is 38.5 Å². The second-order valence-electron chi connectivity index (χ2n) is 6.02. The molecule has 2 unspecified atom stereocenters. The molecule has 1 aromatic rings. The molecule has 3 heteroatoms. The van der Waals surface area contributed by atoms with E-state index in [9.17, 15) is 0 Å². The van der Waals surface area contributed by atoms with Gasteiger partial charge in [-0.05, 0) is 32.0 Å². The second-order valence-corrected chi connectivity index (χ2v) is 6.02. The van der Waals surface area contributed by atoms with Crippen LogP contribution in [0.1, 0.15) is 44.9 Å². The van der Waals surface area contributed by atoms with Crippen LogP contribution in [0.2, 0.25) is 0 Å². The van der Waals surface area contributed by atoms with Gasteiger partial charge in [0.25, 0.3) is 0 Å². The van der Waals surface area contributed by atoms with Gasteiger partial charge < -0.3 is 10.1 Å². The predicted octanol–water partition coefficient (Wildman–Crippen LogP) is 3.16. The number of pyridine rings is 1. The lowest BCUT2D eigenvalue weighted by Gasteiger charge is -2.55. The van der Waals surface area contributed by atoms with E-state index in [0.29, 0.717) is 17.6 Å². The molecule has 0 amide bonds. The van der Waals surface area contributed by atoms with Gasteiger partial charge in [-0.25, -0.2) is 0 Å². The van der Waals surface area contributed by atoms with Crippen molar-refractivity contribution < 1.29 is 4.74 Å². The second kappa shape index (κ2) is 5.49. The summed E-state index contributed by atoms with van der Waals surface area (Å²) in [5, 5.41) is 3.51. The van der Waals surface area contributed by atoms with Gasteiger partial charge in [-0.2, -0.15) is 0 Å². The van der Waals surface area contributed by atoms with Crippen molar-refractivity contribution in [3.05, 3.63) is 24.5 Å². The lowest BCUT2D eigenvalue weighted by atomic mass is 9.58. The van der Waals surface area contributed by atoms with Gasteiger partial charge in [-0.15, -0.1) is 0 Å². The molecule has 2 atom stereocenters. The average Bonchev–Trinajstić information content (AvgIpc) is 2.72. The first-order valence-electron chi connectivity index (χ1n) is 7.59. The highest BCUT2D eigenvalue weighted by Gasteiger charge is 2.55. The van der Waals surface area contributed by atoms with E-state index < -0.39 is 0 Å². The summed E-state index contributed by atoms with van der Waals surface area (Å²) < 4.78 is 6.23. The van der Waals surface area contributed by atoms with E-state index in [4.69, 9.17) is 4.74 Å². The minimum atomic E-state index is 0.362. The van der Waals surface area contributed by atoms with Gasteiger partial charge in [-0.1, -0.05) is 25.7 Å². The fraction of sp³-hybridized carbons (Fsp3) is 0.688. The Hall–Kier alpha value is -1.09. The Balaban J connectivity index is 1.74. The fourth-order valence-corrected chi connectivity index (χ4v) is 3.96. The molecule has 104 valence electrons. The molecule has 2 aliphatic carbocycles. The molecule has 3 rings (SSSR count). The van der Waals surface area contributed by atoms with Crippen molar-refractivity contribution in [1.29, 1.82) is 0 Å². The summed E-state index contributed by atoms with van der Waals surface area (Å²) in [6, 6.07) is 4.60. The maximum atomic E-state index is 6.23. The number of rotatable bonds is 3. The summed E-state index contributed by atoms with van der Waals surface area (Å²) in [5.74, 6) is 0.922. The summed E-state index contributed by atoms with van der Waals surface area (Å²) in [6.45, 7) is 0. The molecule has 0 aliphatic heterocycles. The van der Waals surface area contributed by atoms with Crippen LogP contribution in [0.5, 0.6) is 5.75 Å². The number of hydrogen-bond donors (Lipinski definition) is 1. The first kappa shape index (κ1) is 12.9. The van der Waals surface area contributed by atoms with E-state index >= 15 is 0 Å². The van der Waals surface area contributed by atoms with E-state index in [1.54, 1.807) is 6.20 Å². The third-order valence-electron chi connectivity index (χ3n) is 5.08. The summed E-state index contributed by atoms with van der Waals surface area (Å²) >= 11 is 0. The van der Waals surface area contributed by atoms with Crippen LogP contribution < -0.4 is 10.1 Å². The molecule has 0 saturated heterocycles. The molecular weight excluding hydrogens is 236 g/mol. The van der Waals surface area contributed by atoms with Crippen LogP contribution in [0.4, 0.5) is 0 Å². The Morgan fingerprint density at radius 3 is 2.68 bits per heavy atom. The molecule has 0 bridgehead atoms. The summed E-state index contributed by atoms with van der Waals surface area (Å²) in [4.78, 5) is 4.15. The maximum Gasteiger partial charge on any atom is 0.138 e. The van der Waals surface area contributed by atoms with Gasteiger partial charge >= 0.3 is 0 Å². The molecule has 2 aliphatic rings. The largest absolute Gasteiger partial charge is 0.488 e. The molecule has 19 heavy (non-hydrogen) atoms. The highest BCUT2D eigenvalue weighted by Crippen LogP contribution is 2.52. The van der Waals surface area contributed by atoms with Crippen molar-refractivity contribution >= 4 is 0 Å². The molecule has 0 radical (unpaired) electrons. The standard InChI is InChI=1S/C16H24N2O/c1-17-14-11-15(19-13-7-6-10-18-12-13)16(14)8-4-2-3-5-9-16/h6-7,10,12,14-15,17H,2-5,8-9,11H2,1H3. The van der Waals surface area contributed by atoms with Gasteiger partial charge in [0.15, 0.2) is 0 Å². The summed E-state index contributed by atoms with van der Waals surface area (Å²) in [6.07, 6.45) is 13.2. The highest BCUT2D eigenvalue weighted by molar-refractivity contribution is 5.19. The van der Waals surface area contributed by atoms with Gasteiger partial charge in [-0.3, -0.25) is 4.98 Å². The molecule has 3 nitrogen and oxygen atoms in total. The van der Waals surface area contributed by atoms with Gasteiger partial charge in [0.2, 0.25) is 0 Å². The number of ether oxygens (including phenoxy) is 1. The van der Waals surface area contributed by atoms with Crippen molar-refractivity contribution in [1.82, 2.24) is 10.3 Å².